The highest BCUT2D eigenvalue weighted by Gasteiger charge is 2.11. The topological polar surface area (TPSA) is 0 Å². The van der Waals surface area contributed by atoms with Gasteiger partial charge in [0.1, 0.15) is 0 Å². The highest BCUT2D eigenvalue weighted by Crippen LogP contribution is 2.31. The normalized spacial score (nSPS) is 14.8. The van der Waals surface area contributed by atoms with Crippen LogP contribution in [0, 0.1) is 13.3 Å². The lowest BCUT2D eigenvalue weighted by Gasteiger charge is -2.16. The van der Waals surface area contributed by atoms with E-state index < -0.39 is 0 Å². The standard InChI is InChI=1S/C15H15S/c1-11-9-16-10-15(11)14-7-6-12-4-2-3-5-13(12)8-14/h5-10H,2-4H2,1H3. The van der Waals surface area contributed by atoms with Gasteiger partial charge in [0.15, 0.2) is 0 Å². The van der Waals surface area contributed by atoms with Crippen LogP contribution in [0.2, 0.25) is 0 Å². The molecule has 1 aliphatic rings. The van der Waals surface area contributed by atoms with Gasteiger partial charge in [-0.3, -0.25) is 0 Å². The van der Waals surface area contributed by atoms with Crippen molar-refractivity contribution < 1.29 is 0 Å². The summed E-state index contributed by atoms with van der Waals surface area (Å²) in [6.45, 7) is 2.19. The van der Waals surface area contributed by atoms with Crippen LogP contribution in [-0.2, 0) is 6.42 Å². The summed E-state index contributed by atoms with van der Waals surface area (Å²) in [7, 11) is 0. The molecule has 0 N–H and O–H groups in total. The lowest BCUT2D eigenvalue weighted by Crippen LogP contribution is -2.00. The fourth-order valence-electron chi connectivity index (χ4n) is 2.39. The molecular weight excluding hydrogens is 212 g/mol. The molecule has 1 heteroatoms. The summed E-state index contributed by atoms with van der Waals surface area (Å²) in [5.74, 6) is 0. The van der Waals surface area contributed by atoms with Gasteiger partial charge in [0.25, 0.3) is 0 Å². The van der Waals surface area contributed by atoms with Crippen LogP contribution in [0.15, 0.2) is 29.0 Å². The maximum Gasteiger partial charge on any atom is -0.00120 e. The van der Waals surface area contributed by atoms with E-state index in [0.29, 0.717) is 0 Å². The highest BCUT2D eigenvalue weighted by molar-refractivity contribution is 7.08. The zero-order chi connectivity index (χ0) is 11.0. The number of fused-ring (bicyclic) bond motifs is 1. The average molecular weight is 227 g/mol. The summed E-state index contributed by atoms with van der Waals surface area (Å²) < 4.78 is 0. The summed E-state index contributed by atoms with van der Waals surface area (Å²) in [6.07, 6.45) is 6.17. The molecule has 1 heterocycles. The van der Waals surface area contributed by atoms with E-state index in [9.17, 15) is 0 Å². The Balaban J connectivity index is 2.06. The van der Waals surface area contributed by atoms with Crippen molar-refractivity contribution in [2.45, 2.75) is 26.2 Å². The second kappa shape index (κ2) is 4.06. The van der Waals surface area contributed by atoms with E-state index in [1.165, 1.54) is 47.1 Å². The first-order valence-electron chi connectivity index (χ1n) is 5.84. The number of benzene rings is 1. The second-order valence-corrected chi connectivity index (χ2v) is 5.22. The fourth-order valence-corrected chi connectivity index (χ4v) is 3.24. The van der Waals surface area contributed by atoms with Gasteiger partial charge < -0.3 is 0 Å². The Morgan fingerprint density at radius 2 is 2.12 bits per heavy atom. The van der Waals surface area contributed by atoms with Crippen molar-refractivity contribution >= 4 is 11.3 Å². The Bertz CT molecular complexity index is 508. The van der Waals surface area contributed by atoms with E-state index in [2.05, 4.69) is 42.3 Å². The van der Waals surface area contributed by atoms with Crippen LogP contribution in [0.1, 0.15) is 29.5 Å². The molecule has 1 aromatic heterocycles. The Labute approximate surface area is 101 Å². The largest absolute Gasteiger partial charge is 0.151 e. The van der Waals surface area contributed by atoms with Gasteiger partial charge in [-0.2, -0.15) is 11.3 Å². The van der Waals surface area contributed by atoms with Gasteiger partial charge in [-0.05, 0) is 71.2 Å². The molecule has 1 radical (unpaired) electrons. The van der Waals surface area contributed by atoms with Crippen molar-refractivity contribution in [2.75, 3.05) is 0 Å². The van der Waals surface area contributed by atoms with Crippen molar-refractivity contribution in [3.63, 3.8) is 0 Å². The van der Waals surface area contributed by atoms with Crippen molar-refractivity contribution in [1.82, 2.24) is 0 Å². The van der Waals surface area contributed by atoms with Crippen LogP contribution in [0.25, 0.3) is 11.1 Å². The quantitative estimate of drug-likeness (QED) is 0.667. The molecule has 0 spiro atoms. The minimum absolute atomic E-state index is 1.24. The van der Waals surface area contributed by atoms with Crippen molar-refractivity contribution in [1.29, 1.82) is 0 Å². The number of aryl methyl sites for hydroxylation is 2. The maximum absolute atomic E-state index is 2.38. The molecule has 0 nitrogen and oxygen atoms in total. The Morgan fingerprint density at radius 3 is 2.94 bits per heavy atom. The molecule has 0 saturated heterocycles. The molecule has 0 saturated carbocycles. The molecule has 3 rings (SSSR count). The van der Waals surface area contributed by atoms with Crippen LogP contribution >= 0.6 is 11.3 Å². The summed E-state index contributed by atoms with van der Waals surface area (Å²) in [6, 6.07) is 6.92. The minimum Gasteiger partial charge on any atom is -0.151 e. The first-order valence-corrected chi connectivity index (χ1v) is 6.78. The molecular formula is C15H15S. The zero-order valence-corrected chi connectivity index (χ0v) is 10.3. The van der Waals surface area contributed by atoms with Gasteiger partial charge in [0, 0.05) is 0 Å². The average Bonchev–Trinajstić information content (AvgIpc) is 2.75. The van der Waals surface area contributed by atoms with E-state index in [0.717, 1.165) is 0 Å². The summed E-state index contributed by atoms with van der Waals surface area (Å²) in [5.41, 5.74) is 7.13. The van der Waals surface area contributed by atoms with Crippen molar-refractivity contribution in [3.05, 3.63) is 52.1 Å². The van der Waals surface area contributed by atoms with Crippen LogP contribution in [0.3, 0.4) is 0 Å². The van der Waals surface area contributed by atoms with Crippen LogP contribution in [0.4, 0.5) is 0 Å². The Hall–Kier alpha value is -1.08. The van der Waals surface area contributed by atoms with Gasteiger partial charge in [0.2, 0.25) is 0 Å². The molecule has 1 aromatic carbocycles. The molecule has 0 unspecified atom stereocenters. The third-order valence-corrected chi connectivity index (χ3v) is 4.19. The number of rotatable bonds is 1. The van der Waals surface area contributed by atoms with Gasteiger partial charge in [0.05, 0.1) is 0 Å². The summed E-state index contributed by atoms with van der Waals surface area (Å²) in [5, 5.41) is 4.47. The first-order chi connectivity index (χ1) is 7.84. The van der Waals surface area contributed by atoms with E-state index in [1.54, 1.807) is 11.3 Å². The fraction of sp³-hybridized carbons (Fsp3) is 0.267. The molecule has 2 aromatic rings. The number of hydrogen-bond acceptors (Lipinski definition) is 1. The van der Waals surface area contributed by atoms with Gasteiger partial charge in [-0.15, -0.1) is 0 Å². The van der Waals surface area contributed by atoms with E-state index in [1.807, 2.05) is 0 Å². The Kier molecular flexibility index (Phi) is 2.56. The first kappa shape index (κ1) is 10.1. The third kappa shape index (κ3) is 1.69. The molecule has 0 amide bonds. The van der Waals surface area contributed by atoms with E-state index >= 15 is 0 Å². The highest BCUT2D eigenvalue weighted by atomic mass is 32.1. The lowest BCUT2D eigenvalue weighted by atomic mass is 9.89. The summed E-state index contributed by atoms with van der Waals surface area (Å²) in [4.78, 5) is 0. The smallest absolute Gasteiger partial charge is 0.00120 e. The van der Waals surface area contributed by atoms with Crippen LogP contribution < -0.4 is 0 Å². The minimum atomic E-state index is 1.24. The van der Waals surface area contributed by atoms with Crippen molar-refractivity contribution in [3.8, 4) is 11.1 Å². The maximum atomic E-state index is 2.38. The molecule has 1 aliphatic carbocycles. The predicted molar refractivity (Wildman–Crippen MR) is 70.8 cm³/mol. The van der Waals surface area contributed by atoms with E-state index in [4.69, 9.17) is 0 Å². The van der Waals surface area contributed by atoms with Gasteiger partial charge >= 0.3 is 0 Å². The van der Waals surface area contributed by atoms with Crippen LogP contribution in [-0.4, -0.2) is 0 Å². The molecule has 0 fully saturated rings. The second-order valence-electron chi connectivity index (χ2n) is 4.48. The molecule has 0 aliphatic heterocycles. The zero-order valence-electron chi connectivity index (χ0n) is 9.49. The van der Waals surface area contributed by atoms with E-state index in [-0.39, 0.29) is 0 Å². The third-order valence-electron chi connectivity index (χ3n) is 3.33. The molecule has 16 heavy (non-hydrogen) atoms. The van der Waals surface area contributed by atoms with Crippen LogP contribution in [0.5, 0.6) is 0 Å². The molecule has 81 valence electrons. The molecule has 0 atom stereocenters. The van der Waals surface area contributed by atoms with Gasteiger partial charge in [-0.25, -0.2) is 0 Å². The predicted octanol–water partition coefficient (Wildman–Crippen LogP) is 4.61. The van der Waals surface area contributed by atoms with Crippen molar-refractivity contribution in [2.24, 2.45) is 0 Å². The summed E-state index contributed by atoms with van der Waals surface area (Å²) >= 11 is 1.79. The Morgan fingerprint density at radius 1 is 1.19 bits per heavy atom. The lowest BCUT2D eigenvalue weighted by molar-refractivity contribution is 0.775. The SMILES string of the molecule is Cc1cscc1-c1ccc2c(c1)[CH]CCC2. The number of thiophene rings is 1. The monoisotopic (exact) mass is 227 g/mol. The van der Waals surface area contributed by atoms with Gasteiger partial charge in [-0.1, -0.05) is 18.2 Å². The number of hydrogen-bond donors (Lipinski definition) is 0. The molecule has 0 bridgehead atoms.